The Labute approximate surface area is 322 Å². The van der Waals surface area contributed by atoms with Crippen LogP contribution in [0.3, 0.4) is 0 Å². The number of nitrogens with one attached hydrogen (secondary N) is 3. The van der Waals surface area contributed by atoms with Gasteiger partial charge < -0.3 is 35.3 Å². The Morgan fingerprint density at radius 1 is 0.873 bits per heavy atom. The maximum absolute atomic E-state index is 14.3. The summed E-state index contributed by atoms with van der Waals surface area (Å²) in [7, 11) is 2.87. The monoisotopic (exact) mass is 758 g/mol. The van der Waals surface area contributed by atoms with Crippen LogP contribution in [-0.4, -0.2) is 78.2 Å². The van der Waals surface area contributed by atoms with Gasteiger partial charge in [-0.1, -0.05) is 76.8 Å². The molecule has 0 bridgehead atoms. The summed E-state index contributed by atoms with van der Waals surface area (Å²) in [6, 6.07) is 13.9. The average molecular weight is 759 g/mol. The van der Waals surface area contributed by atoms with E-state index in [1.165, 1.54) is 7.11 Å². The van der Waals surface area contributed by atoms with E-state index in [2.05, 4.69) is 16.0 Å². The van der Waals surface area contributed by atoms with Gasteiger partial charge in [-0.3, -0.25) is 14.4 Å². The largest absolute Gasteiger partial charge is 0.497 e. The minimum Gasteiger partial charge on any atom is -0.497 e. The summed E-state index contributed by atoms with van der Waals surface area (Å²) in [6.07, 6.45) is 4.88. The van der Waals surface area contributed by atoms with Crippen molar-refractivity contribution >= 4 is 40.6 Å². The Morgan fingerprint density at radius 3 is 2.15 bits per heavy atom. The molecular weight excluding hydrogens is 704 g/mol. The molecule has 1 aromatic heterocycles. The summed E-state index contributed by atoms with van der Waals surface area (Å²) in [5.74, 6) is -4.55. The number of carboxylic acids is 1. The van der Waals surface area contributed by atoms with Crippen molar-refractivity contribution < 1.29 is 43.3 Å². The number of rotatable bonds is 16. The lowest BCUT2D eigenvalue weighted by Gasteiger charge is -2.31. The molecule has 0 aliphatic heterocycles. The molecule has 2 aliphatic carbocycles. The van der Waals surface area contributed by atoms with E-state index in [1.807, 2.05) is 55.5 Å². The van der Waals surface area contributed by atoms with Crippen LogP contribution in [0.2, 0.25) is 0 Å². The van der Waals surface area contributed by atoms with Gasteiger partial charge in [-0.25, -0.2) is 14.6 Å². The van der Waals surface area contributed by atoms with Crippen molar-refractivity contribution in [3.8, 4) is 22.8 Å². The zero-order valence-electron chi connectivity index (χ0n) is 32.3. The standard InChI is InChI=1S/C42H54N4O9/c1-6-13-32(41(50)51)44-38(47)30-20-28(55-35-23-33(25-14-9-7-10-15-25)43-34-22-27(53-4)18-19-29(34)35)21-31(30)39(48)45-36(24(2)3)40(49)46-37(42(52)54-5)26-16-11-8-12-17-26/h7,9-10,14-15,18-19,22-24,26,28,30-32,36-37H,6,8,11-13,16-17,20-21H2,1-5H3,(H,44,47)(H,45,48)(H,46,49)(H,50,51)/t28-,30-,31-,32+,36?,37?/m1/s1. The molecule has 55 heavy (non-hydrogen) atoms. The number of hydrogen-bond acceptors (Lipinski definition) is 9. The number of pyridine rings is 1. The van der Waals surface area contributed by atoms with Gasteiger partial charge in [-0.15, -0.1) is 0 Å². The number of benzene rings is 2. The fraction of sp³-hybridized carbons (Fsp3) is 0.524. The van der Waals surface area contributed by atoms with E-state index in [0.717, 1.165) is 37.7 Å². The molecule has 6 atom stereocenters. The van der Waals surface area contributed by atoms with Gasteiger partial charge in [0.2, 0.25) is 17.7 Å². The molecule has 2 aromatic carbocycles. The molecule has 296 valence electrons. The number of fused-ring (bicyclic) bond motifs is 1. The number of ether oxygens (including phenoxy) is 3. The number of aromatic nitrogens is 1. The highest BCUT2D eigenvalue weighted by Crippen LogP contribution is 2.39. The third-order valence-electron chi connectivity index (χ3n) is 10.8. The molecule has 4 N–H and O–H groups in total. The quantitative estimate of drug-likeness (QED) is 0.138. The van der Waals surface area contributed by atoms with Crippen molar-refractivity contribution in [1.29, 1.82) is 0 Å². The predicted octanol–water partition coefficient (Wildman–Crippen LogP) is 5.43. The first-order valence-corrected chi connectivity index (χ1v) is 19.4. The summed E-state index contributed by atoms with van der Waals surface area (Å²) in [4.78, 5) is 71.7. The van der Waals surface area contributed by atoms with Crippen molar-refractivity contribution in [3.63, 3.8) is 0 Å². The molecule has 13 nitrogen and oxygen atoms in total. The van der Waals surface area contributed by atoms with E-state index < -0.39 is 65.7 Å². The second-order valence-corrected chi connectivity index (χ2v) is 15.0. The molecule has 0 saturated heterocycles. The summed E-state index contributed by atoms with van der Waals surface area (Å²) < 4.78 is 17.2. The number of methoxy groups -OCH3 is 2. The van der Waals surface area contributed by atoms with E-state index in [0.29, 0.717) is 34.5 Å². The van der Waals surface area contributed by atoms with E-state index >= 15 is 0 Å². The zero-order chi connectivity index (χ0) is 39.6. The molecule has 2 fully saturated rings. The van der Waals surface area contributed by atoms with E-state index in [9.17, 15) is 29.1 Å². The number of esters is 1. The van der Waals surface area contributed by atoms with Crippen LogP contribution < -0.4 is 25.4 Å². The van der Waals surface area contributed by atoms with Crippen LogP contribution in [-0.2, 0) is 28.7 Å². The number of amides is 3. The third-order valence-corrected chi connectivity index (χ3v) is 10.8. The topological polar surface area (TPSA) is 182 Å². The summed E-state index contributed by atoms with van der Waals surface area (Å²) in [5.41, 5.74) is 2.15. The molecule has 0 spiro atoms. The lowest BCUT2D eigenvalue weighted by Crippen LogP contribution is -2.57. The number of carboxylic acid groups (broad SMARTS) is 1. The van der Waals surface area contributed by atoms with Gasteiger partial charge in [0, 0.05) is 23.1 Å². The first-order chi connectivity index (χ1) is 26.4. The van der Waals surface area contributed by atoms with Crippen LogP contribution in [0.1, 0.15) is 78.6 Å². The fourth-order valence-corrected chi connectivity index (χ4v) is 7.83. The molecule has 2 unspecified atom stereocenters. The van der Waals surface area contributed by atoms with Crippen LogP contribution in [0.4, 0.5) is 0 Å². The van der Waals surface area contributed by atoms with Crippen LogP contribution in [0.5, 0.6) is 11.5 Å². The molecule has 3 aromatic rings. The van der Waals surface area contributed by atoms with E-state index in [4.69, 9.17) is 19.2 Å². The Bertz CT molecular complexity index is 1830. The Morgan fingerprint density at radius 2 is 1.55 bits per heavy atom. The van der Waals surface area contributed by atoms with Gasteiger partial charge in [0.1, 0.15) is 35.7 Å². The van der Waals surface area contributed by atoms with Crippen LogP contribution in [0.25, 0.3) is 22.2 Å². The smallest absolute Gasteiger partial charge is 0.328 e. The van der Waals surface area contributed by atoms with Gasteiger partial charge in [0.15, 0.2) is 0 Å². The minimum absolute atomic E-state index is 0.0763. The second-order valence-electron chi connectivity index (χ2n) is 15.0. The Kier molecular flexibility index (Phi) is 14.1. The molecule has 5 rings (SSSR count). The van der Waals surface area contributed by atoms with Gasteiger partial charge in [-0.2, -0.15) is 0 Å². The summed E-state index contributed by atoms with van der Waals surface area (Å²) in [5, 5.41) is 19.0. The van der Waals surface area contributed by atoms with E-state index in [-0.39, 0.29) is 31.1 Å². The highest BCUT2D eigenvalue weighted by Gasteiger charge is 2.46. The Balaban J connectivity index is 1.43. The molecule has 1 heterocycles. The summed E-state index contributed by atoms with van der Waals surface area (Å²) >= 11 is 0. The molecule has 0 radical (unpaired) electrons. The normalized spacial score (nSPS) is 20.2. The van der Waals surface area contributed by atoms with E-state index in [1.54, 1.807) is 27.0 Å². The van der Waals surface area contributed by atoms with Gasteiger partial charge in [-0.05, 0) is 56.1 Å². The van der Waals surface area contributed by atoms with Crippen LogP contribution in [0.15, 0.2) is 54.6 Å². The van der Waals surface area contributed by atoms with Crippen molar-refractivity contribution in [2.75, 3.05) is 14.2 Å². The van der Waals surface area contributed by atoms with Crippen LogP contribution in [0, 0.1) is 23.7 Å². The van der Waals surface area contributed by atoms with Gasteiger partial charge in [0.25, 0.3) is 0 Å². The third kappa shape index (κ3) is 10.1. The SMILES string of the molecule is CCC[C@H](NC(=O)[C@@H]1C[C@@H](Oc2cc(-c3ccccc3)nc3cc(OC)ccc23)C[C@H]1C(=O)NC(C(=O)NC(C(=O)OC)C1CCCCC1)C(C)C)C(=O)O. The first kappa shape index (κ1) is 41.0. The fourth-order valence-electron chi connectivity index (χ4n) is 7.83. The lowest BCUT2D eigenvalue weighted by molar-refractivity contribution is -0.147. The molecule has 13 heteroatoms. The highest BCUT2D eigenvalue weighted by molar-refractivity contribution is 5.94. The summed E-state index contributed by atoms with van der Waals surface area (Å²) in [6.45, 7) is 5.41. The zero-order valence-corrected chi connectivity index (χ0v) is 32.3. The average Bonchev–Trinajstić information content (AvgIpc) is 3.62. The number of nitrogens with zero attached hydrogens (tertiary/aromatic N) is 1. The maximum Gasteiger partial charge on any atom is 0.328 e. The number of carbonyl (C=O) groups is 5. The van der Waals surface area contributed by atoms with Crippen molar-refractivity contribution in [1.82, 2.24) is 20.9 Å². The number of carbonyl (C=O) groups excluding carboxylic acids is 4. The maximum atomic E-state index is 14.3. The van der Waals surface area contributed by atoms with Gasteiger partial charge >= 0.3 is 11.9 Å². The predicted molar refractivity (Wildman–Crippen MR) is 206 cm³/mol. The minimum atomic E-state index is -1.16. The molecule has 2 aliphatic rings. The Hall–Kier alpha value is -5.20. The molecular formula is C42H54N4O9. The molecule has 2 saturated carbocycles. The van der Waals surface area contributed by atoms with Crippen molar-refractivity contribution in [2.45, 2.75) is 103 Å². The number of aliphatic carboxylic acids is 1. The first-order valence-electron chi connectivity index (χ1n) is 19.4. The van der Waals surface area contributed by atoms with Crippen LogP contribution >= 0.6 is 0 Å². The number of hydrogen-bond donors (Lipinski definition) is 4. The second kappa shape index (κ2) is 18.9. The lowest BCUT2D eigenvalue weighted by atomic mass is 9.83. The molecule has 3 amide bonds. The highest BCUT2D eigenvalue weighted by atomic mass is 16.5. The van der Waals surface area contributed by atoms with Crippen molar-refractivity contribution in [3.05, 3.63) is 54.6 Å². The van der Waals surface area contributed by atoms with Crippen molar-refractivity contribution in [2.24, 2.45) is 23.7 Å². The van der Waals surface area contributed by atoms with Gasteiger partial charge in [0.05, 0.1) is 37.3 Å².